The van der Waals surface area contributed by atoms with Gasteiger partial charge in [0.25, 0.3) is 5.91 Å². The molecule has 3 aromatic rings. The van der Waals surface area contributed by atoms with Crippen LogP contribution in [0.4, 0.5) is 5.13 Å². The average molecular weight is 347 g/mol. The number of carbonyl (C=O) groups excluding carboxylic acids is 1. The molecule has 116 valence electrons. The molecule has 1 N–H and O–H groups in total. The molecule has 23 heavy (non-hydrogen) atoms. The van der Waals surface area contributed by atoms with Crippen LogP contribution in [0.3, 0.4) is 0 Å². The zero-order valence-corrected chi connectivity index (χ0v) is 13.6. The van der Waals surface area contributed by atoms with Gasteiger partial charge in [-0.15, -0.1) is 11.3 Å². The molecule has 2 aromatic heterocycles. The molecule has 0 aliphatic rings. The van der Waals surface area contributed by atoms with Gasteiger partial charge in [-0.2, -0.15) is 0 Å². The summed E-state index contributed by atoms with van der Waals surface area (Å²) >= 11 is 7.43. The summed E-state index contributed by atoms with van der Waals surface area (Å²) in [5.41, 5.74) is 1.79. The van der Waals surface area contributed by atoms with Crippen molar-refractivity contribution in [1.29, 1.82) is 0 Å². The highest BCUT2D eigenvalue weighted by atomic mass is 35.5. The lowest BCUT2D eigenvalue weighted by Crippen LogP contribution is -2.13. The minimum atomic E-state index is -0.355. The molecule has 8 heteroatoms. The van der Waals surface area contributed by atoms with Crippen LogP contribution in [0.5, 0.6) is 5.75 Å². The number of thiazole rings is 1. The summed E-state index contributed by atoms with van der Waals surface area (Å²) in [6, 6.07) is 5.40. The SMILES string of the molecule is COc1ccc(-c2csc(NC(=O)c3cnccn3)n2)cc1Cl. The first-order valence-corrected chi connectivity index (χ1v) is 7.80. The summed E-state index contributed by atoms with van der Waals surface area (Å²) in [5.74, 6) is 0.244. The molecule has 0 saturated heterocycles. The van der Waals surface area contributed by atoms with Crippen molar-refractivity contribution in [3.63, 3.8) is 0 Å². The summed E-state index contributed by atoms with van der Waals surface area (Å²) in [6.45, 7) is 0. The van der Waals surface area contributed by atoms with Crippen LogP contribution < -0.4 is 10.1 Å². The maximum absolute atomic E-state index is 12.0. The van der Waals surface area contributed by atoms with E-state index < -0.39 is 0 Å². The van der Waals surface area contributed by atoms with Gasteiger partial charge in [0.1, 0.15) is 11.4 Å². The summed E-state index contributed by atoms with van der Waals surface area (Å²) in [6.07, 6.45) is 4.36. The van der Waals surface area contributed by atoms with Gasteiger partial charge in [0, 0.05) is 23.3 Å². The number of ether oxygens (including phenoxy) is 1. The van der Waals surface area contributed by atoms with Gasteiger partial charge in [-0.25, -0.2) is 9.97 Å². The van der Waals surface area contributed by atoms with Crippen LogP contribution in [0.25, 0.3) is 11.3 Å². The molecule has 0 aliphatic carbocycles. The number of aromatic nitrogens is 3. The highest BCUT2D eigenvalue weighted by molar-refractivity contribution is 7.14. The van der Waals surface area contributed by atoms with Crippen LogP contribution in [0.2, 0.25) is 5.02 Å². The fourth-order valence-corrected chi connectivity index (χ4v) is 2.84. The third kappa shape index (κ3) is 3.46. The second kappa shape index (κ2) is 6.72. The highest BCUT2D eigenvalue weighted by Crippen LogP contribution is 2.31. The molecular weight excluding hydrogens is 336 g/mol. The van der Waals surface area contributed by atoms with Gasteiger partial charge in [0.05, 0.1) is 24.0 Å². The van der Waals surface area contributed by atoms with Crippen molar-refractivity contribution >= 4 is 34.0 Å². The van der Waals surface area contributed by atoms with E-state index in [1.807, 2.05) is 11.4 Å². The zero-order valence-electron chi connectivity index (χ0n) is 12.0. The Balaban J connectivity index is 1.78. The van der Waals surface area contributed by atoms with E-state index in [4.69, 9.17) is 16.3 Å². The third-order valence-electron chi connectivity index (χ3n) is 2.97. The van der Waals surface area contributed by atoms with Crippen LogP contribution in [0.1, 0.15) is 10.5 Å². The molecule has 3 rings (SSSR count). The van der Waals surface area contributed by atoms with E-state index in [0.717, 1.165) is 5.56 Å². The first-order chi connectivity index (χ1) is 11.2. The maximum Gasteiger partial charge on any atom is 0.277 e. The Hall–Kier alpha value is -2.51. The van der Waals surface area contributed by atoms with E-state index in [1.54, 1.807) is 19.2 Å². The molecule has 0 atom stereocenters. The van der Waals surface area contributed by atoms with Gasteiger partial charge in [-0.1, -0.05) is 11.6 Å². The lowest BCUT2D eigenvalue weighted by atomic mass is 10.2. The number of halogens is 1. The first kappa shape index (κ1) is 15.4. The lowest BCUT2D eigenvalue weighted by molar-refractivity contribution is 0.102. The smallest absolute Gasteiger partial charge is 0.277 e. The number of nitrogens with zero attached hydrogens (tertiary/aromatic N) is 3. The molecule has 0 spiro atoms. The quantitative estimate of drug-likeness (QED) is 0.782. The van der Waals surface area contributed by atoms with Crippen molar-refractivity contribution in [1.82, 2.24) is 15.0 Å². The fraction of sp³-hybridized carbons (Fsp3) is 0.0667. The predicted molar refractivity (Wildman–Crippen MR) is 89.1 cm³/mol. The third-order valence-corrected chi connectivity index (χ3v) is 4.02. The van der Waals surface area contributed by atoms with Crippen LogP contribution in [0.15, 0.2) is 42.2 Å². The van der Waals surface area contributed by atoms with Gasteiger partial charge in [0.2, 0.25) is 0 Å². The first-order valence-electron chi connectivity index (χ1n) is 6.54. The minimum Gasteiger partial charge on any atom is -0.495 e. The van der Waals surface area contributed by atoms with Gasteiger partial charge in [-0.3, -0.25) is 15.1 Å². The number of amides is 1. The van der Waals surface area contributed by atoms with E-state index in [1.165, 1.54) is 29.9 Å². The van der Waals surface area contributed by atoms with Gasteiger partial charge >= 0.3 is 0 Å². The Kier molecular flexibility index (Phi) is 4.50. The van der Waals surface area contributed by atoms with E-state index >= 15 is 0 Å². The fourth-order valence-electron chi connectivity index (χ4n) is 1.87. The summed E-state index contributed by atoms with van der Waals surface area (Å²) in [7, 11) is 1.56. The molecule has 1 aromatic carbocycles. The summed E-state index contributed by atoms with van der Waals surface area (Å²) in [5, 5.41) is 5.51. The number of rotatable bonds is 4. The van der Waals surface area contributed by atoms with Crippen LogP contribution in [-0.2, 0) is 0 Å². The molecule has 0 saturated carbocycles. The predicted octanol–water partition coefficient (Wildman–Crippen LogP) is 3.51. The number of hydrogen-bond acceptors (Lipinski definition) is 6. The van der Waals surface area contributed by atoms with Crippen molar-refractivity contribution in [2.75, 3.05) is 12.4 Å². The molecule has 0 unspecified atom stereocenters. The number of nitrogens with one attached hydrogen (secondary N) is 1. The zero-order chi connectivity index (χ0) is 16.2. The standard InChI is InChI=1S/C15H11ClN4O2S/c1-22-13-3-2-9(6-10(13)16)12-8-23-15(19-12)20-14(21)11-7-17-4-5-18-11/h2-8H,1H3,(H,19,20,21). The normalized spacial score (nSPS) is 10.3. The molecule has 0 bridgehead atoms. The van der Waals surface area contributed by atoms with E-state index in [0.29, 0.717) is 21.6 Å². The van der Waals surface area contributed by atoms with E-state index in [9.17, 15) is 4.79 Å². The number of carbonyl (C=O) groups is 1. The van der Waals surface area contributed by atoms with E-state index in [-0.39, 0.29) is 11.6 Å². The Labute approximate surface area is 141 Å². The Morgan fingerprint density at radius 1 is 1.35 bits per heavy atom. The van der Waals surface area contributed by atoms with Crippen molar-refractivity contribution in [2.24, 2.45) is 0 Å². The molecule has 6 nitrogen and oxygen atoms in total. The lowest BCUT2D eigenvalue weighted by Gasteiger charge is -2.04. The van der Waals surface area contributed by atoms with Crippen LogP contribution in [-0.4, -0.2) is 28.0 Å². The van der Waals surface area contributed by atoms with Gasteiger partial charge in [0.15, 0.2) is 5.13 Å². The molecule has 0 aliphatic heterocycles. The maximum atomic E-state index is 12.0. The molecule has 0 radical (unpaired) electrons. The van der Waals surface area contributed by atoms with Crippen LogP contribution >= 0.6 is 22.9 Å². The highest BCUT2D eigenvalue weighted by Gasteiger charge is 2.12. The molecular formula is C15H11ClN4O2S. The van der Waals surface area contributed by atoms with Crippen LogP contribution in [0, 0.1) is 0 Å². The largest absolute Gasteiger partial charge is 0.495 e. The number of methoxy groups -OCH3 is 1. The summed E-state index contributed by atoms with van der Waals surface area (Å²) < 4.78 is 5.12. The average Bonchev–Trinajstić information content (AvgIpc) is 3.04. The van der Waals surface area contributed by atoms with Crippen molar-refractivity contribution in [3.8, 4) is 17.0 Å². The number of hydrogen-bond donors (Lipinski definition) is 1. The second-order valence-corrected chi connectivity index (χ2v) is 5.70. The van der Waals surface area contributed by atoms with Gasteiger partial charge in [-0.05, 0) is 18.2 Å². The molecule has 0 fully saturated rings. The Morgan fingerprint density at radius 3 is 2.91 bits per heavy atom. The van der Waals surface area contributed by atoms with Crippen molar-refractivity contribution < 1.29 is 9.53 Å². The van der Waals surface area contributed by atoms with Crippen molar-refractivity contribution in [3.05, 3.63) is 52.9 Å². The second-order valence-electron chi connectivity index (χ2n) is 4.43. The Morgan fingerprint density at radius 2 is 2.22 bits per heavy atom. The van der Waals surface area contributed by atoms with Crippen molar-refractivity contribution in [2.45, 2.75) is 0 Å². The van der Waals surface area contributed by atoms with E-state index in [2.05, 4.69) is 20.3 Å². The monoisotopic (exact) mass is 346 g/mol. The molecule has 1 amide bonds. The topological polar surface area (TPSA) is 77.0 Å². The molecule has 2 heterocycles. The number of anilines is 1. The van der Waals surface area contributed by atoms with Gasteiger partial charge < -0.3 is 4.74 Å². The number of benzene rings is 1. The summed E-state index contributed by atoms with van der Waals surface area (Å²) in [4.78, 5) is 24.2. The Bertz CT molecular complexity index is 839. The minimum absolute atomic E-state index is 0.233.